The molecule has 0 heterocycles. The van der Waals surface area contributed by atoms with E-state index in [1.165, 1.54) is 16.3 Å². The summed E-state index contributed by atoms with van der Waals surface area (Å²) in [5, 5.41) is 1.47. The summed E-state index contributed by atoms with van der Waals surface area (Å²) in [6, 6.07) is 10.8. The Morgan fingerprint density at radius 3 is 1.81 bits per heavy atom. The van der Waals surface area contributed by atoms with E-state index in [1.807, 2.05) is 0 Å². The molecule has 1 heteroatoms. The molecule has 0 atom stereocenters. The van der Waals surface area contributed by atoms with Crippen molar-refractivity contribution in [1.82, 2.24) is 0 Å². The van der Waals surface area contributed by atoms with Gasteiger partial charge in [0.1, 0.15) is 0 Å². The maximum absolute atomic E-state index is 2.29. The Labute approximate surface area is 101 Å². The third-order valence-electron chi connectivity index (χ3n) is 3.70. The van der Waals surface area contributed by atoms with Crippen LogP contribution in [0.25, 0.3) is 0 Å². The second-order valence-electron chi connectivity index (χ2n) is 4.56. The molecule has 1 aromatic carbocycles. The molecule has 1 aliphatic rings. The Hall–Kier alpha value is -1.08. The highest BCUT2D eigenvalue weighted by molar-refractivity contribution is 6.56. The predicted molar refractivity (Wildman–Crippen MR) is 72.3 cm³/mol. The Balaban J connectivity index is 2.25. The normalized spacial score (nSPS) is 17.5. The third-order valence-corrected chi connectivity index (χ3v) is 5.52. The molecule has 0 aliphatic heterocycles. The van der Waals surface area contributed by atoms with E-state index < -0.39 is 0 Å². The largest absolute Gasteiger partial charge is 0.0939 e. The first-order valence-corrected chi connectivity index (χ1v) is 6.85. The molecule has 0 nitrogen and oxygen atoms in total. The molecule has 0 saturated heterocycles. The first-order chi connectivity index (χ1) is 7.61. The van der Waals surface area contributed by atoms with Crippen molar-refractivity contribution in [2.24, 2.45) is 0 Å². The standard InChI is InChI=1S/C15H18Si/c1-10-11(2)13(4)15(12(10)3)16-14-8-6-5-7-9-14/h5-9,15H,1-4H3. The molecule has 0 saturated carbocycles. The van der Waals surface area contributed by atoms with Crippen LogP contribution < -0.4 is 5.19 Å². The lowest BCUT2D eigenvalue weighted by Crippen LogP contribution is -2.19. The first kappa shape index (κ1) is 11.4. The number of allylic oxidation sites excluding steroid dienone is 4. The zero-order chi connectivity index (χ0) is 11.7. The number of hydrogen-bond donors (Lipinski definition) is 0. The van der Waals surface area contributed by atoms with Crippen LogP contribution in [0.5, 0.6) is 0 Å². The Morgan fingerprint density at radius 1 is 0.812 bits per heavy atom. The monoisotopic (exact) mass is 226 g/mol. The molecule has 2 radical (unpaired) electrons. The van der Waals surface area contributed by atoms with Crippen molar-refractivity contribution in [2.75, 3.05) is 0 Å². The van der Waals surface area contributed by atoms with Gasteiger partial charge < -0.3 is 0 Å². The zero-order valence-electron chi connectivity index (χ0n) is 10.5. The smallest absolute Gasteiger partial charge is 0.0658 e. The molecule has 1 aliphatic carbocycles. The van der Waals surface area contributed by atoms with E-state index in [4.69, 9.17) is 0 Å². The van der Waals surface area contributed by atoms with Crippen LogP contribution in [0.3, 0.4) is 0 Å². The summed E-state index contributed by atoms with van der Waals surface area (Å²) in [5.41, 5.74) is 6.80. The minimum Gasteiger partial charge on any atom is -0.0658 e. The fraction of sp³-hybridized carbons (Fsp3) is 0.333. The Morgan fingerprint density at radius 2 is 1.31 bits per heavy atom. The van der Waals surface area contributed by atoms with E-state index in [0.29, 0.717) is 5.54 Å². The minimum absolute atomic E-state index is 0.655. The van der Waals surface area contributed by atoms with Crippen molar-refractivity contribution in [2.45, 2.75) is 33.2 Å². The molecule has 1 aromatic rings. The Kier molecular flexibility index (Phi) is 3.15. The molecule has 0 fully saturated rings. The molecule has 82 valence electrons. The van der Waals surface area contributed by atoms with Gasteiger partial charge in [-0.3, -0.25) is 0 Å². The van der Waals surface area contributed by atoms with Gasteiger partial charge in [-0.1, -0.05) is 46.7 Å². The lowest BCUT2D eigenvalue weighted by atomic mass is 10.1. The van der Waals surface area contributed by atoms with Crippen molar-refractivity contribution < 1.29 is 0 Å². The predicted octanol–water partition coefficient (Wildman–Crippen LogP) is 3.49. The zero-order valence-corrected chi connectivity index (χ0v) is 11.5. The van der Waals surface area contributed by atoms with E-state index in [0.717, 1.165) is 9.52 Å². The van der Waals surface area contributed by atoms with E-state index in [2.05, 4.69) is 58.0 Å². The molecule has 0 amide bonds. The SMILES string of the molecule is CC1=C(C)C([Si]c2ccccc2)C(C)=C1C. The summed E-state index contributed by atoms with van der Waals surface area (Å²) in [6.07, 6.45) is 0. The number of rotatable bonds is 2. The van der Waals surface area contributed by atoms with Gasteiger partial charge in [-0.05, 0) is 44.4 Å². The molecule has 16 heavy (non-hydrogen) atoms. The van der Waals surface area contributed by atoms with Crippen LogP contribution in [0.1, 0.15) is 27.7 Å². The van der Waals surface area contributed by atoms with Crippen LogP contribution in [0.4, 0.5) is 0 Å². The second kappa shape index (κ2) is 4.42. The molecule has 0 spiro atoms. The van der Waals surface area contributed by atoms with Gasteiger partial charge in [0.2, 0.25) is 0 Å². The van der Waals surface area contributed by atoms with Gasteiger partial charge in [-0.2, -0.15) is 0 Å². The molecule has 0 aromatic heterocycles. The molecular formula is C15H18Si. The van der Waals surface area contributed by atoms with Crippen LogP contribution in [0, 0.1) is 0 Å². The van der Waals surface area contributed by atoms with E-state index in [-0.39, 0.29) is 0 Å². The maximum atomic E-state index is 2.29. The number of hydrogen-bond acceptors (Lipinski definition) is 0. The van der Waals surface area contributed by atoms with E-state index in [9.17, 15) is 0 Å². The van der Waals surface area contributed by atoms with Gasteiger partial charge in [-0.15, -0.1) is 0 Å². The summed E-state index contributed by atoms with van der Waals surface area (Å²) in [7, 11) is 0.875. The molecule has 0 bridgehead atoms. The molecule has 0 unspecified atom stereocenters. The van der Waals surface area contributed by atoms with Gasteiger partial charge >= 0.3 is 0 Å². The Bertz CT molecular complexity index is 428. The average molecular weight is 226 g/mol. The number of benzene rings is 1. The highest BCUT2D eigenvalue weighted by Crippen LogP contribution is 2.39. The van der Waals surface area contributed by atoms with E-state index in [1.54, 1.807) is 11.1 Å². The van der Waals surface area contributed by atoms with Crippen molar-refractivity contribution in [1.29, 1.82) is 0 Å². The quantitative estimate of drug-likeness (QED) is 0.677. The fourth-order valence-electron chi connectivity index (χ4n) is 2.27. The van der Waals surface area contributed by atoms with Crippen LogP contribution in [0.2, 0.25) is 5.54 Å². The lowest BCUT2D eigenvalue weighted by Gasteiger charge is -2.13. The van der Waals surface area contributed by atoms with Crippen LogP contribution >= 0.6 is 0 Å². The summed E-state index contributed by atoms with van der Waals surface area (Å²) in [5.74, 6) is 0. The van der Waals surface area contributed by atoms with Crippen LogP contribution in [0.15, 0.2) is 52.6 Å². The summed E-state index contributed by atoms with van der Waals surface area (Å²) in [6.45, 7) is 9.08. The minimum atomic E-state index is 0.655. The highest BCUT2D eigenvalue weighted by atomic mass is 28.2. The van der Waals surface area contributed by atoms with Crippen LogP contribution in [-0.4, -0.2) is 9.52 Å². The highest BCUT2D eigenvalue weighted by Gasteiger charge is 2.24. The molecule has 0 N–H and O–H groups in total. The average Bonchev–Trinajstić information content (AvgIpc) is 2.48. The molecule has 2 rings (SSSR count). The maximum Gasteiger partial charge on any atom is 0.0939 e. The van der Waals surface area contributed by atoms with Gasteiger partial charge in [-0.25, -0.2) is 0 Å². The summed E-state index contributed by atoms with van der Waals surface area (Å²) >= 11 is 0. The summed E-state index contributed by atoms with van der Waals surface area (Å²) < 4.78 is 0. The molecular weight excluding hydrogens is 208 g/mol. The topological polar surface area (TPSA) is 0 Å². The lowest BCUT2D eigenvalue weighted by molar-refractivity contribution is 1.12. The first-order valence-electron chi connectivity index (χ1n) is 5.78. The van der Waals surface area contributed by atoms with Crippen LogP contribution in [-0.2, 0) is 0 Å². The van der Waals surface area contributed by atoms with Gasteiger partial charge in [0.05, 0.1) is 9.52 Å². The van der Waals surface area contributed by atoms with E-state index >= 15 is 0 Å². The van der Waals surface area contributed by atoms with Crippen molar-refractivity contribution in [3.63, 3.8) is 0 Å². The van der Waals surface area contributed by atoms with Gasteiger partial charge in [0.15, 0.2) is 0 Å². The van der Waals surface area contributed by atoms with Gasteiger partial charge in [0.25, 0.3) is 0 Å². The second-order valence-corrected chi connectivity index (χ2v) is 6.00. The van der Waals surface area contributed by atoms with Crippen molar-refractivity contribution >= 4 is 14.7 Å². The fourth-order valence-corrected chi connectivity index (χ4v) is 3.85. The van der Waals surface area contributed by atoms with Crippen molar-refractivity contribution in [3.8, 4) is 0 Å². The third kappa shape index (κ3) is 1.92. The van der Waals surface area contributed by atoms with Gasteiger partial charge in [0, 0.05) is 0 Å². The van der Waals surface area contributed by atoms with Crippen molar-refractivity contribution in [3.05, 3.63) is 52.6 Å². The summed E-state index contributed by atoms with van der Waals surface area (Å²) in [4.78, 5) is 0.